The molecule has 8 heteroatoms. The van der Waals surface area contributed by atoms with E-state index >= 15 is 0 Å². The van der Waals surface area contributed by atoms with Crippen molar-refractivity contribution in [2.24, 2.45) is 0 Å². The lowest BCUT2D eigenvalue weighted by molar-refractivity contribution is 0.213. The van der Waals surface area contributed by atoms with Crippen molar-refractivity contribution in [3.63, 3.8) is 0 Å². The summed E-state index contributed by atoms with van der Waals surface area (Å²) in [4.78, 5) is 0. The van der Waals surface area contributed by atoms with Crippen LogP contribution in [0.3, 0.4) is 0 Å². The van der Waals surface area contributed by atoms with Gasteiger partial charge in [-0.3, -0.25) is 0 Å². The molecular weight excluding hydrogens is 384 g/mol. The summed E-state index contributed by atoms with van der Waals surface area (Å²) < 4.78 is 22.5. The minimum atomic E-state index is 0. The van der Waals surface area contributed by atoms with Gasteiger partial charge < -0.3 is 42.7 Å². The van der Waals surface area contributed by atoms with Crippen LogP contribution in [0, 0.1) is 0 Å². The van der Waals surface area contributed by atoms with Crippen molar-refractivity contribution in [2.75, 3.05) is 37.9 Å². The van der Waals surface area contributed by atoms with Gasteiger partial charge in [0, 0.05) is 11.4 Å². The molecule has 3 rings (SSSR count). The molecule has 0 saturated carbocycles. The van der Waals surface area contributed by atoms with Gasteiger partial charge in [0.15, 0.2) is 0 Å². The zero-order valence-electron chi connectivity index (χ0n) is 17.0. The summed E-state index contributed by atoms with van der Waals surface area (Å²) in [6.45, 7) is 1.79. The van der Waals surface area contributed by atoms with Gasteiger partial charge in [-0.1, -0.05) is 0 Å². The third-order valence-corrected chi connectivity index (χ3v) is 3.83. The van der Waals surface area contributed by atoms with E-state index in [1.54, 1.807) is 24.3 Å². The highest BCUT2D eigenvalue weighted by Crippen LogP contribution is 2.18. The molecule has 0 spiro atoms. The molecule has 30 heavy (non-hydrogen) atoms. The van der Waals surface area contributed by atoms with E-state index in [-0.39, 0.29) is 12.3 Å². The first-order chi connectivity index (χ1) is 13.7. The van der Waals surface area contributed by atoms with E-state index in [0.29, 0.717) is 37.8 Å². The molecule has 0 aliphatic rings. The van der Waals surface area contributed by atoms with Gasteiger partial charge in [0.1, 0.15) is 49.4 Å². The van der Waals surface area contributed by atoms with Crippen LogP contribution in [0.2, 0.25) is 0 Å². The number of nitrogen functional groups attached to an aromatic ring is 2. The smallest absolute Gasteiger partial charge is 0.122 e. The monoisotopic (exact) mass is 414 g/mol. The number of hydrogen-bond donors (Lipinski definition) is 4. The summed E-state index contributed by atoms with van der Waals surface area (Å²) in [6.07, 6.45) is 0. The Morgan fingerprint density at radius 3 is 0.833 bits per heavy atom. The fourth-order valence-electron chi connectivity index (χ4n) is 2.40. The van der Waals surface area contributed by atoms with Crippen molar-refractivity contribution in [1.82, 2.24) is 12.3 Å². The molecule has 3 aromatic carbocycles. The first-order valence-corrected chi connectivity index (χ1v) is 9.01. The number of ether oxygens (including phenoxy) is 4. The van der Waals surface area contributed by atoms with Crippen LogP contribution in [0.5, 0.6) is 23.0 Å². The molecule has 8 nitrogen and oxygen atoms in total. The largest absolute Gasteiger partial charge is 0.490 e. The molecule has 0 radical (unpaired) electrons. The van der Waals surface area contributed by atoms with Gasteiger partial charge in [0.2, 0.25) is 0 Å². The van der Waals surface area contributed by atoms with Crippen molar-refractivity contribution >= 4 is 11.4 Å². The molecule has 0 aliphatic heterocycles. The first kappa shape index (κ1) is 24.4. The van der Waals surface area contributed by atoms with E-state index in [2.05, 4.69) is 0 Å². The second-order valence-corrected chi connectivity index (χ2v) is 6.00. The zero-order chi connectivity index (χ0) is 19.6. The predicted octanol–water partition coefficient (Wildman–Crippen LogP) is 4.09. The first-order valence-electron chi connectivity index (χ1n) is 9.01. The van der Waals surface area contributed by atoms with Gasteiger partial charge >= 0.3 is 0 Å². The van der Waals surface area contributed by atoms with Gasteiger partial charge in [-0.15, -0.1) is 0 Å². The summed E-state index contributed by atoms with van der Waals surface area (Å²) in [5.41, 5.74) is 12.7. The summed E-state index contributed by atoms with van der Waals surface area (Å²) in [5.74, 6) is 3.04. The molecule has 0 amide bonds. The van der Waals surface area contributed by atoms with Crippen molar-refractivity contribution < 1.29 is 18.9 Å². The Bertz CT molecular complexity index is 768. The lowest BCUT2D eigenvalue weighted by atomic mass is 10.3. The van der Waals surface area contributed by atoms with Gasteiger partial charge in [-0.2, -0.15) is 0 Å². The fraction of sp³-hybridized carbons (Fsp3) is 0.182. The van der Waals surface area contributed by atoms with Crippen LogP contribution < -0.4 is 42.7 Å². The van der Waals surface area contributed by atoms with Crippen LogP contribution in [0.15, 0.2) is 72.8 Å². The molecule has 0 aromatic heterocycles. The normalized spacial score (nSPS) is 9.60. The van der Waals surface area contributed by atoms with Gasteiger partial charge in [0.25, 0.3) is 0 Å². The predicted molar refractivity (Wildman–Crippen MR) is 120 cm³/mol. The molecule has 0 heterocycles. The Kier molecular flexibility index (Phi) is 10.4. The molecule has 0 bridgehead atoms. The van der Waals surface area contributed by atoms with Crippen LogP contribution in [0.25, 0.3) is 0 Å². The molecule has 0 saturated heterocycles. The van der Waals surface area contributed by atoms with E-state index < -0.39 is 0 Å². The average Bonchev–Trinajstić information content (AvgIpc) is 2.72. The van der Waals surface area contributed by atoms with Gasteiger partial charge in [-0.25, -0.2) is 0 Å². The van der Waals surface area contributed by atoms with Crippen LogP contribution in [0.1, 0.15) is 0 Å². The molecule has 3 aromatic rings. The maximum atomic E-state index is 5.66. The quantitative estimate of drug-likeness (QED) is 0.285. The molecule has 0 unspecified atom stereocenters. The van der Waals surface area contributed by atoms with Crippen molar-refractivity contribution in [1.29, 1.82) is 0 Å². The molecule has 162 valence electrons. The fourth-order valence-corrected chi connectivity index (χ4v) is 2.40. The lowest BCUT2D eigenvalue weighted by Crippen LogP contribution is -2.10. The van der Waals surface area contributed by atoms with Crippen molar-refractivity contribution in [3.8, 4) is 23.0 Å². The van der Waals surface area contributed by atoms with E-state index in [1.165, 1.54) is 0 Å². The van der Waals surface area contributed by atoms with Gasteiger partial charge in [-0.05, 0) is 72.8 Å². The van der Waals surface area contributed by atoms with Crippen molar-refractivity contribution in [3.05, 3.63) is 72.8 Å². The standard InChI is InChI=1S/C22H24N2O4.2H3N/c23-17-1-5-19(6-2-17)25-13-15-27-21-9-11-22(12-10-21)28-16-14-26-20-7-3-18(24)4-8-20;;/h1-12H,13-16,23-24H2;2*1H3. The number of rotatable bonds is 10. The summed E-state index contributed by atoms with van der Waals surface area (Å²) in [5, 5.41) is 0. The van der Waals surface area contributed by atoms with Crippen molar-refractivity contribution in [2.45, 2.75) is 0 Å². The average molecular weight is 415 g/mol. The highest BCUT2D eigenvalue weighted by Gasteiger charge is 1.99. The summed E-state index contributed by atoms with van der Waals surface area (Å²) in [7, 11) is 0. The highest BCUT2D eigenvalue weighted by atomic mass is 16.5. The maximum Gasteiger partial charge on any atom is 0.122 e. The minimum Gasteiger partial charge on any atom is -0.490 e. The Morgan fingerprint density at radius 2 is 0.600 bits per heavy atom. The molecule has 0 atom stereocenters. The minimum absolute atomic E-state index is 0. The third-order valence-electron chi connectivity index (χ3n) is 3.83. The van der Waals surface area contributed by atoms with E-state index in [9.17, 15) is 0 Å². The topological polar surface area (TPSA) is 159 Å². The summed E-state index contributed by atoms with van der Waals surface area (Å²) >= 11 is 0. The SMILES string of the molecule is N.N.Nc1ccc(OCCOc2ccc(OCCOc3ccc(N)cc3)cc2)cc1. The lowest BCUT2D eigenvalue weighted by Gasteiger charge is -2.10. The molecular formula is C22H30N4O4. The Labute approximate surface area is 176 Å². The van der Waals surface area contributed by atoms with Gasteiger partial charge in [0.05, 0.1) is 0 Å². The van der Waals surface area contributed by atoms with Crippen LogP contribution in [-0.2, 0) is 0 Å². The second-order valence-electron chi connectivity index (χ2n) is 6.00. The number of anilines is 2. The summed E-state index contributed by atoms with van der Waals surface area (Å²) in [6, 6.07) is 22.0. The highest BCUT2D eigenvalue weighted by molar-refractivity contribution is 5.42. The number of hydrogen-bond acceptors (Lipinski definition) is 8. The van der Waals surface area contributed by atoms with E-state index in [0.717, 1.165) is 23.0 Å². The number of benzene rings is 3. The Balaban J connectivity index is 0.00000225. The third kappa shape index (κ3) is 8.17. The van der Waals surface area contributed by atoms with Crippen LogP contribution in [0.4, 0.5) is 11.4 Å². The maximum absolute atomic E-state index is 5.66. The van der Waals surface area contributed by atoms with Crippen LogP contribution >= 0.6 is 0 Å². The number of nitrogens with two attached hydrogens (primary N) is 2. The van der Waals surface area contributed by atoms with Crippen LogP contribution in [-0.4, -0.2) is 26.4 Å². The molecule has 0 aliphatic carbocycles. The second kappa shape index (κ2) is 12.8. The molecule has 10 N–H and O–H groups in total. The Morgan fingerprint density at radius 1 is 0.400 bits per heavy atom. The van der Waals surface area contributed by atoms with E-state index in [1.807, 2.05) is 48.5 Å². The zero-order valence-corrected chi connectivity index (χ0v) is 17.0. The molecule has 0 fully saturated rings. The Hall–Kier alpha value is -3.62. The van der Waals surface area contributed by atoms with E-state index in [4.69, 9.17) is 30.4 Å².